The highest BCUT2D eigenvalue weighted by molar-refractivity contribution is 5.85. The third-order valence-electron chi connectivity index (χ3n) is 6.62. The Labute approximate surface area is 197 Å². The van der Waals surface area contributed by atoms with Gasteiger partial charge in [0, 0.05) is 63.7 Å². The first-order chi connectivity index (χ1) is 16.6. The molecule has 2 aliphatic rings. The molecule has 0 aliphatic carbocycles. The van der Waals surface area contributed by atoms with E-state index in [-0.39, 0.29) is 12.1 Å². The molecule has 0 aromatic carbocycles. The van der Waals surface area contributed by atoms with E-state index >= 15 is 0 Å². The van der Waals surface area contributed by atoms with Crippen LogP contribution in [-0.2, 0) is 4.74 Å². The van der Waals surface area contributed by atoms with E-state index in [1.165, 1.54) is 0 Å². The number of nitriles is 1. The quantitative estimate of drug-likeness (QED) is 0.588. The third-order valence-corrected chi connectivity index (χ3v) is 6.62. The number of likely N-dealkylation sites (tertiary alicyclic amines) is 1. The molecule has 10 heteroatoms. The average Bonchev–Trinajstić information content (AvgIpc) is 3.55. The van der Waals surface area contributed by atoms with Crippen molar-refractivity contribution in [2.24, 2.45) is 0 Å². The summed E-state index contributed by atoms with van der Waals surface area (Å²) in [6.07, 6.45) is 6.15. The molecule has 2 aliphatic heterocycles. The number of hydrogen-bond donors (Lipinski definition) is 0. The van der Waals surface area contributed by atoms with Crippen molar-refractivity contribution in [3.8, 4) is 22.9 Å². The van der Waals surface area contributed by atoms with Crippen LogP contribution < -0.4 is 9.64 Å². The summed E-state index contributed by atoms with van der Waals surface area (Å²) in [5.41, 5.74) is 2.93. The lowest BCUT2D eigenvalue weighted by atomic mass is 10.1. The zero-order valence-electron chi connectivity index (χ0n) is 19.3. The van der Waals surface area contributed by atoms with Crippen molar-refractivity contribution in [3.05, 3.63) is 42.4 Å². The summed E-state index contributed by atoms with van der Waals surface area (Å²) in [6.45, 7) is 4.20. The van der Waals surface area contributed by atoms with Crippen LogP contribution in [0.5, 0.6) is 5.75 Å². The smallest absolute Gasteiger partial charge is 0.320 e. The third kappa shape index (κ3) is 3.99. The van der Waals surface area contributed by atoms with E-state index in [9.17, 15) is 10.1 Å². The summed E-state index contributed by atoms with van der Waals surface area (Å²) in [4.78, 5) is 23.5. The normalized spacial score (nSPS) is 18.4. The van der Waals surface area contributed by atoms with Gasteiger partial charge in [-0.2, -0.15) is 10.4 Å². The summed E-state index contributed by atoms with van der Waals surface area (Å²) >= 11 is 0. The summed E-state index contributed by atoms with van der Waals surface area (Å²) in [7, 11) is 3.30. The maximum Gasteiger partial charge on any atom is 0.320 e. The van der Waals surface area contributed by atoms with Gasteiger partial charge in [0.2, 0.25) is 0 Å². The Morgan fingerprint density at radius 2 is 1.94 bits per heavy atom. The van der Waals surface area contributed by atoms with E-state index in [0.717, 1.165) is 48.5 Å². The number of fused-ring (bicyclic) bond motifs is 1. The summed E-state index contributed by atoms with van der Waals surface area (Å²) in [5.74, 6) is 1.51. The Morgan fingerprint density at radius 3 is 2.59 bits per heavy atom. The predicted octanol–water partition coefficient (Wildman–Crippen LogP) is 2.24. The van der Waals surface area contributed by atoms with Crippen molar-refractivity contribution in [3.63, 3.8) is 0 Å². The van der Waals surface area contributed by atoms with Gasteiger partial charge in [-0.05, 0) is 24.6 Å². The van der Waals surface area contributed by atoms with Gasteiger partial charge in [0.1, 0.15) is 17.6 Å². The van der Waals surface area contributed by atoms with Crippen LogP contribution in [0.4, 0.5) is 10.6 Å². The van der Waals surface area contributed by atoms with Gasteiger partial charge in [0.15, 0.2) is 0 Å². The molecular formula is C24H27N7O3. The molecular weight excluding hydrogens is 434 g/mol. The molecule has 2 amide bonds. The molecule has 0 saturated carbocycles. The SMILES string of the molecule is COc1cc(-c2ccc(N3CCN(C(=O)N4CCC(OC)C4)CC3)nc2)c2c(C#N)cnn2c1. The lowest BCUT2D eigenvalue weighted by Crippen LogP contribution is -2.52. The number of hydrogen-bond acceptors (Lipinski definition) is 7. The number of ether oxygens (including phenoxy) is 2. The topological polar surface area (TPSA) is 99.2 Å². The van der Waals surface area contributed by atoms with Crippen LogP contribution in [0, 0.1) is 11.3 Å². The Kier molecular flexibility index (Phi) is 5.94. The van der Waals surface area contributed by atoms with Crippen LogP contribution in [0.15, 0.2) is 36.8 Å². The van der Waals surface area contributed by atoms with Gasteiger partial charge in [-0.1, -0.05) is 0 Å². The zero-order valence-corrected chi connectivity index (χ0v) is 19.3. The number of pyridine rings is 2. The fourth-order valence-electron chi connectivity index (χ4n) is 4.66. The first-order valence-electron chi connectivity index (χ1n) is 11.3. The van der Waals surface area contributed by atoms with E-state index < -0.39 is 0 Å². The van der Waals surface area contributed by atoms with Crippen LogP contribution in [0.3, 0.4) is 0 Å². The van der Waals surface area contributed by atoms with Crippen LogP contribution >= 0.6 is 0 Å². The monoisotopic (exact) mass is 461 g/mol. The Balaban J connectivity index is 1.29. The number of urea groups is 1. The molecule has 1 unspecified atom stereocenters. The molecule has 34 heavy (non-hydrogen) atoms. The zero-order chi connectivity index (χ0) is 23.7. The number of methoxy groups -OCH3 is 2. The second-order valence-corrected chi connectivity index (χ2v) is 8.51. The Bertz CT molecular complexity index is 1230. The average molecular weight is 462 g/mol. The van der Waals surface area contributed by atoms with E-state index in [1.807, 2.05) is 34.2 Å². The van der Waals surface area contributed by atoms with Gasteiger partial charge >= 0.3 is 6.03 Å². The maximum absolute atomic E-state index is 12.8. The lowest BCUT2D eigenvalue weighted by molar-refractivity contribution is 0.105. The highest BCUT2D eigenvalue weighted by atomic mass is 16.5. The van der Waals surface area contributed by atoms with Crippen molar-refractivity contribution in [1.29, 1.82) is 5.26 Å². The van der Waals surface area contributed by atoms with Gasteiger partial charge < -0.3 is 24.2 Å². The molecule has 0 bridgehead atoms. The van der Waals surface area contributed by atoms with Crippen molar-refractivity contribution in [2.75, 3.05) is 58.4 Å². The second-order valence-electron chi connectivity index (χ2n) is 8.51. The molecule has 0 spiro atoms. The molecule has 3 aromatic heterocycles. The first kappa shape index (κ1) is 22.0. The number of carbonyl (C=O) groups excluding carboxylic acids is 1. The van der Waals surface area contributed by atoms with Gasteiger partial charge in [-0.3, -0.25) is 0 Å². The number of aromatic nitrogens is 3. The fraction of sp³-hybridized carbons (Fsp3) is 0.417. The number of rotatable bonds is 4. The van der Waals surface area contributed by atoms with Crippen molar-refractivity contribution < 1.29 is 14.3 Å². The molecule has 3 aromatic rings. The molecule has 176 valence electrons. The van der Waals surface area contributed by atoms with E-state index in [4.69, 9.17) is 14.5 Å². The number of piperazine rings is 1. The number of nitrogens with zero attached hydrogens (tertiary/aromatic N) is 7. The molecule has 2 fully saturated rings. The minimum atomic E-state index is 0.0960. The highest BCUT2D eigenvalue weighted by Crippen LogP contribution is 2.31. The van der Waals surface area contributed by atoms with Crippen molar-refractivity contribution in [2.45, 2.75) is 12.5 Å². The highest BCUT2D eigenvalue weighted by Gasteiger charge is 2.31. The number of carbonyl (C=O) groups is 1. The fourth-order valence-corrected chi connectivity index (χ4v) is 4.66. The molecule has 10 nitrogen and oxygen atoms in total. The minimum Gasteiger partial charge on any atom is -0.495 e. The number of amides is 2. The van der Waals surface area contributed by atoms with E-state index in [0.29, 0.717) is 30.9 Å². The Hall–Kier alpha value is -3.84. The molecule has 0 radical (unpaired) electrons. The maximum atomic E-state index is 12.8. The summed E-state index contributed by atoms with van der Waals surface area (Å²) in [5, 5.41) is 13.8. The van der Waals surface area contributed by atoms with Crippen LogP contribution in [0.25, 0.3) is 16.6 Å². The van der Waals surface area contributed by atoms with Crippen molar-refractivity contribution in [1.82, 2.24) is 24.4 Å². The first-order valence-corrected chi connectivity index (χ1v) is 11.3. The van der Waals surface area contributed by atoms with Gasteiger partial charge in [0.25, 0.3) is 0 Å². The molecule has 5 rings (SSSR count). The van der Waals surface area contributed by atoms with Crippen molar-refractivity contribution >= 4 is 17.4 Å². The molecule has 2 saturated heterocycles. The van der Waals surface area contributed by atoms with Crippen LogP contribution in [0.2, 0.25) is 0 Å². The van der Waals surface area contributed by atoms with Crippen LogP contribution in [0.1, 0.15) is 12.0 Å². The lowest BCUT2D eigenvalue weighted by Gasteiger charge is -2.37. The minimum absolute atomic E-state index is 0.0960. The summed E-state index contributed by atoms with van der Waals surface area (Å²) in [6, 6.07) is 8.17. The standard InChI is InChI=1S/C24H27N7O3/c1-33-19-5-6-30(15-19)24(32)29-9-7-28(8-10-29)22-4-3-17(13-26-22)21-11-20(34-2)16-31-23(21)18(12-25)14-27-31/h3-4,11,13-14,16,19H,5-10,15H2,1-2H3. The van der Waals surface area contributed by atoms with Gasteiger partial charge in [0.05, 0.1) is 36.7 Å². The van der Waals surface area contributed by atoms with E-state index in [1.54, 1.807) is 31.1 Å². The van der Waals surface area contributed by atoms with E-state index in [2.05, 4.69) is 16.1 Å². The molecule has 1 atom stereocenters. The number of anilines is 1. The molecule has 5 heterocycles. The van der Waals surface area contributed by atoms with Gasteiger partial charge in [-0.25, -0.2) is 14.3 Å². The van der Waals surface area contributed by atoms with Crippen LogP contribution in [-0.4, -0.2) is 90.0 Å². The largest absolute Gasteiger partial charge is 0.495 e. The Morgan fingerprint density at radius 1 is 1.12 bits per heavy atom. The predicted molar refractivity (Wildman–Crippen MR) is 126 cm³/mol. The molecule has 0 N–H and O–H groups in total. The second kappa shape index (κ2) is 9.19. The summed E-state index contributed by atoms with van der Waals surface area (Å²) < 4.78 is 12.5. The van der Waals surface area contributed by atoms with Gasteiger partial charge in [-0.15, -0.1) is 0 Å².